The number of nitrogens with zero attached hydrogens (tertiary/aromatic N) is 4. The Hall–Kier alpha value is -4.46. The highest BCUT2D eigenvalue weighted by molar-refractivity contribution is 6.05. The maximum Gasteiger partial charge on any atom is 0.223 e. The Morgan fingerprint density at radius 2 is 1.62 bits per heavy atom. The highest BCUT2D eigenvalue weighted by Crippen LogP contribution is 2.42. The molecule has 2 N–H and O–H groups in total. The number of aromatic nitrogens is 4. The van der Waals surface area contributed by atoms with E-state index in [9.17, 15) is 9.59 Å². The molecule has 272 valence electrons. The first kappa shape index (κ1) is 34.6. The zero-order chi connectivity index (χ0) is 36.3. The predicted molar refractivity (Wildman–Crippen MR) is 209 cm³/mol. The van der Waals surface area contributed by atoms with Gasteiger partial charge in [-0.3, -0.25) is 9.59 Å². The van der Waals surface area contributed by atoms with E-state index in [0.717, 1.165) is 85.3 Å². The largest absolute Gasteiger partial charge is 0.340 e. The van der Waals surface area contributed by atoms with Crippen LogP contribution in [0, 0.1) is 17.8 Å². The van der Waals surface area contributed by atoms with E-state index >= 15 is 0 Å². The molecule has 4 heterocycles. The Morgan fingerprint density at radius 1 is 0.865 bits per heavy atom. The molecule has 1 aliphatic carbocycles. The molecule has 0 radical (unpaired) electrons. The molecule has 2 saturated heterocycles. The number of benzene rings is 3. The van der Waals surface area contributed by atoms with Crippen molar-refractivity contribution < 1.29 is 9.59 Å². The molecule has 5 aromatic rings. The highest BCUT2D eigenvalue weighted by atomic mass is 16.2. The summed E-state index contributed by atoms with van der Waals surface area (Å²) in [5.74, 6) is 3.47. The second-order valence-corrected chi connectivity index (χ2v) is 16.7. The van der Waals surface area contributed by atoms with Gasteiger partial charge in [0.25, 0.3) is 0 Å². The molecule has 0 spiro atoms. The number of likely N-dealkylation sites (tertiary alicyclic amines) is 2. The summed E-state index contributed by atoms with van der Waals surface area (Å²) >= 11 is 0. The third kappa shape index (κ3) is 6.22. The van der Waals surface area contributed by atoms with Crippen molar-refractivity contribution in [2.45, 2.75) is 117 Å². The number of carbonyl (C=O) groups excluding carboxylic acids is 2. The Morgan fingerprint density at radius 3 is 2.38 bits per heavy atom. The van der Waals surface area contributed by atoms with E-state index in [4.69, 9.17) is 9.97 Å². The SMILES string of the molecule is CCC1CC(c2ncc(-c3ccc(-c4ccc5c(ccc6[nH]c(C7CCC(C)N7C(=O)CC(C)C)nc65)c4)c4c3CCC4)[nH]2)N(C(=O)CC(C)C)C1. The number of amides is 2. The summed E-state index contributed by atoms with van der Waals surface area (Å²) in [5, 5.41) is 2.30. The molecule has 2 amide bonds. The lowest BCUT2D eigenvalue weighted by molar-refractivity contribution is -0.135. The van der Waals surface area contributed by atoms with E-state index in [2.05, 4.69) is 104 Å². The number of aromatic amines is 2. The smallest absolute Gasteiger partial charge is 0.223 e. The lowest BCUT2D eigenvalue weighted by Crippen LogP contribution is -2.36. The average Bonchev–Trinajstić information content (AvgIpc) is 3.95. The van der Waals surface area contributed by atoms with Gasteiger partial charge in [-0.15, -0.1) is 0 Å². The fraction of sp³-hybridized carbons (Fsp3) is 0.500. The number of imidazole rings is 2. The van der Waals surface area contributed by atoms with Crippen molar-refractivity contribution in [1.29, 1.82) is 0 Å². The van der Waals surface area contributed by atoms with Crippen LogP contribution in [0.25, 0.3) is 44.2 Å². The van der Waals surface area contributed by atoms with E-state index in [1.165, 1.54) is 33.2 Å². The van der Waals surface area contributed by atoms with Gasteiger partial charge in [0.2, 0.25) is 11.8 Å². The fourth-order valence-electron chi connectivity index (χ4n) is 9.37. The number of rotatable bonds is 9. The fourth-order valence-corrected chi connectivity index (χ4v) is 9.37. The Bertz CT molecular complexity index is 2140. The first-order chi connectivity index (χ1) is 25.1. The van der Waals surface area contributed by atoms with Crippen molar-refractivity contribution in [2.75, 3.05) is 6.54 Å². The Labute approximate surface area is 307 Å². The number of hydrogen-bond acceptors (Lipinski definition) is 4. The third-order valence-electron chi connectivity index (χ3n) is 12.0. The first-order valence-electron chi connectivity index (χ1n) is 19.8. The molecule has 3 aliphatic rings. The topological polar surface area (TPSA) is 98.0 Å². The van der Waals surface area contributed by atoms with Gasteiger partial charge in [0.15, 0.2) is 0 Å². The monoisotopic (exact) mass is 698 g/mol. The van der Waals surface area contributed by atoms with E-state index in [0.29, 0.717) is 30.6 Å². The van der Waals surface area contributed by atoms with Gasteiger partial charge in [-0.1, -0.05) is 71.4 Å². The summed E-state index contributed by atoms with van der Waals surface area (Å²) in [7, 11) is 0. The van der Waals surface area contributed by atoms with Crippen LogP contribution in [0.15, 0.2) is 48.7 Å². The molecular weight excluding hydrogens is 645 g/mol. The third-order valence-corrected chi connectivity index (χ3v) is 12.0. The number of H-pyrrole nitrogens is 2. The summed E-state index contributed by atoms with van der Waals surface area (Å²) in [6, 6.07) is 15.9. The van der Waals surface area contributed by atoms with Crippen LogP contribution in [-0.2, 0) is 22.4 Å². The first-order valence-corrected chi connectivity index (χ1v) is 19.8. The number of nitrogens with one attached hydrogen (secondary N) is 2. The molecule has 0 saturated carbocycles. The van der Waals surface area contributed by atoms with Crippen LogP contribution in [0.1, 0.15) is 121 Å². The van der Waals surface area contributed by atoms with Crippen LogP contribution >= 0.6 is 0 Å². The summed E-state index contributed by atoms with van der Waals surface area (Å²) < 4.78 is 0. The number of carbonyl (C=O) groups is 2. The molecule has 2 aliphatic heterocycles. The molecule has 2 aromatic heterocycles. The summed E-state index contributed by atoms with van der Waals surface area (Å²) in [6.45, 7) is 13.7. The van der Waals surface area contributed by atoms with Crippen molar-refractivity contribution in [2.24, 2.45) is 17.8 Å². The minimum atomic E-state index is -0.00671. The maximum atomic E-state index is 13.2. The minimum Gasteiger partial charge on any atom is -0.340 e. The quantitative estimate of drug-likeness (QED) is 0.160. The van der Waals surface area contributed by atoms with Gasteiger partial charge < -0.3 is 19.8 Å². The average molecular weight is 699 g/mol. The molecule has 0 bridgehead atoms. The molecular formula is C44H54N6O2. The van der Waals surface area contributed by atoms with Gasteiger partial charge in [0.1, 0.15) is 11.6 Å². The zero-order valence-electron chi connectivity index (χ0n) is 31.8. The standard InChI is InChI=1S/C44H54N6O2/c1-7-28-21-39(49(24-28)40(51)19-25(2)3)43-45-23-37(47-43)35-16-15-31(33-9-8-10-34(33)35)29-12-14-32-30(22-29)13-17-36-42(32)48-44(46-36)38-18-11-27(6)50(38)41(52)20-26(4)5/h12-17,22-23,25-28,38-39H,7-11,18-21,24H2,1-6H3,(H,45,47)(H,46,48). The van der Waals surface area contributed by atoms with Crippen LogP contribution in [0.4, 0.5) is 0 Å². The molecule has 8 heteroatoms. The second-order valence-electron chi connectivity index (χ2n) is 16.7. The lowest BCUT2D eigenvalue weighted by Gasteiger charge is -2.28. The summed E-state index contributed by atoms with van der Waals surface area (Å²) in [4.78, 5) is 48.0. The van der Waals surface area contributed by atoms with Gasteiger partial charge in [0.05, 0.1) is 35.0 Å². The number of fused-ring (bicyclic) bond motifs is 4. The molecule has 3 aromatic carbocycles. The van der Waals surface area contributed by atoms with Gasteiger partial charge in [0, 0.05) is 36.4 Å². The summed E-state index contributed by atoms with van der Waals surface area (Å²) in [6.07, 6.45) is 10.4. The van der Waals surface area contributed by atoms with E-state index < -0.39 is 0 Å². The van der Waals surface area contributed by atoms with Crippen molar-refractivity contribution in [3.63, 3.8) is 0 Å². The van der Waals surface area contributed by atoms with Crippen LogP contribution < -0.4 is 0 Å². The minimum absolute atomic E-state index is 0.00671. The van der Waals surface area contributed by atoms with E-state index in [1.54, 1.807) is 0 Å². The van der Waals surface area contributed by atoms with Gasteiger partial charge in [-0.25, -0.2) is 9.97 Å². The van der Waals surface area contributed by atoms with Crippen LogP contribution in [0.5, 0.6) is 0 Å². The van der Waals surface area contributed by atoms with Gasteiger partial charge >= 0.3 is 0 Å². The highest BCUT2D eigenvalue weighted by Gasteiger charge is 2.38. The predicted octanol–water partition coefficient (Wildman–Crippen LogP) is 9.71. The van der Waals surface area contributed by atoms with E-state index in [1.807, 2.05) is 6.20 Å². The maximum absolute atomic E-state index is 13.2. The molecule has 8 rings (SSSR count). The van der Waals surface area contributed by atoms with Crippen molar-refractivity contribution in [3.8, 4) is 22.4 Å². The van der Waals surface area contributed by atoms with Crippen LogP contribution in [0.2, 0.25) is 0 Å². The van der Waals surface area contributed by atoms with Crippen molar-refractivity contribution in [1.82, 2.24) is 29.7 Å². The van der Waals surface area contributed by atoms with Crippen molar-refractivity contribution >= 4 is 33.6 Å². The molecule has 52 heavy (non-hydrogen) atoms. The zero-order valence-corrected chi connectivity index (χ0v) is 31.8. The Balaban J connectivity index is 1.08. The molecule has 4 atom stereocenters. The van der Waals surface area contributed by atoms with Crippen LogP contribution in [-0.4, -0.2) is 54.1 Å². The summed E-state index contributed by atoms with van der Waals surface area (Å²) in [5.41, 5.74) is 9.64. The lowest BCUT2D eigenvalue weighted by atomic mass is 9.91. The van der Waals surface area contributed by atoms with Crippen LogP contribution in [0.3, 0.4) is 0 Å². The second kappa shape index (κ2) is 13.8. The molecule has 8 nitrogen and oxygen atoms in total. The molecule has 4 unspecified atom stereocenters. The van der Waals surface area contributed by atoms with Gasteiger partial charge in [-0.05, 0) is 103 Å². The molecule has 2 fully saturated rings. The van der Waals surface area contributed by atoms with Gasteiger partial charge in [-0.2, -0.15) is 0 Å². The number of hydrogen-bond donors (Lipinski definition) is 2. The Kier molecular flexibility index (Phi) is 9.21. The van der Waals surface area contributed by atoms with Crippen molar-refractivity contribution in [3.05, 3.63) is 71.4 Å². The normalized spacial score (nSPS) is 21.8. The van der Waals surface area contributed by atoms with E-state index in [-0.39, 0.29) is 29.9 Å².